The van der Waals surface area contributed by atoms with E-state index in [1.54, 1.807) is 7.11 Å². The highest BCUT2D eigenvalue weighted by molar-refractivity contribution is 5.76. The van der Waals surface area contributed by atoms with E-state index < -0.39 is 0 Å². The number of ether oxygens (including phenoxy) is 1. The predicted octanol–water partition coefficient (Wildman–Crippen LogP) is 3.94. The fraction of sp³-hybridized carbons (Fsp3) is 0.316. The third kappa shape index (κ3) is 3.85. The Kier molecular flexibility index (Phi) is 5.40. The van der Waals surface area contributed by atoms with Crippen LogP contribution in [0.3, 0.4) is 0 Å². The van der Waals surface area contributed by atoms with Crippen molar-refractivity contribution < 1.29 is 9.26 Å². The molecule has 130 valence electrons. The minimum atomic E-state index is 0.338. The smallest absolute Gasteiger partial charge is 0.246 e. The highest BCUT2D eigenvalue weighted by Gasteiger charge is 2.16. The molecule has 0 aliphatic heterocycles. The van der Waals surface area contributed by atoms with E-state index >= 15 is 0 Å². The standard InChI is InChI=1S/C19H22N4O2/c1-4-8-14(2)19-18(15-9-6-5-7-10-15)20-13-23(19)11-17-21-16(12-24-3)22-25-17/h5-10,13H,4,11-12H2,1-3H3/b14-8+. The molecule has 2 aromatic heterocycles. The third-order valence-electron chi connectivity index (χ3n) is 3.86. The first-order chi connectivity index (χ1) is 12.2. The second kappa shape index (κ2) is 7.90. The van der Waals surface area contributed by atoms with Crippen molar-refractivity contribution in [3.63, 3.8) is 0 Å². The molecule has 3 aromatic rings. The van der Waals surface area contributed by atoms with E-state index in [1.807, 2.05) is 29.1 Å². The Balaban J connectivity index is 1.98. The summed E-state index contributed by atoms with van der Waals surface area (Å²) in [4.78, 5) is 8.99. The zero-order chi connectivity index (χ0) is 17.6. The van der Waals surface area contributed by atoms with Crippen LogP contribution in [0.1, 0.15) is 37.7 Å². The van der Waals surface area contributed by atoms with E-state index in [9.17, 15) is 0 Å². The van der Waals surface area contributed by atoms with Crippen molar-refractivity contribution in [1.82, 2.24) is 19.7 Å². The Morgan fingerprint density at radius 1 is 1.28 bits per heavy atom. The maximum atomic E-state index is 5.32. The number of methoxy groups -OCH3 is 1. The highest BCUT2D eigenvalue weighted by Crippen LogP contribution is 2.28. The number of allylic oxidation sites excluding steroid dienone is 2. The molecule has 0 saturated heterocycles. The number of hydrogen-bond donors (Lipinski definition) is 0. The highest BCUT2D eigenvalue weighted by atomic mass is 16.5. The summed E-state index contributed by atoms with van der Waals surface area (Å²) in [5, 5.41) is 3.92. The molecule has 0 radical (unpaired) electrons. The largest absolute Gasteiger partial charge is 0.377 e. The van der Waals surface area contributed by atoms with Crippen molar-refractivity contribution in [2.24, 2.45) is 0 Å². The summed E-state index contributed by atoms with van der Waals surface area (Å²) in [6.45, 7) is 5.04. The number of nitrogens with zero attached hydrogens (tertiary/aromatic N) is 4. The van der Waals surface area contributed by atoms with E-state index in [1.165, 1.54) is 5.57 Å². The van der Waals surface area contributed by atoms with Crippen LogP contribution < -0.4 is 0 Å². The molecular formula is C19H22N4O2. The topological polar surface area (TPSA) is 66.0 Å². The molecule has 0 atom stereocenters. The molecule has 0 aliphatic rings. The lowest BCUT2D eigenvalue weighted by atomic mass is 10.1. The van der Waals surface area contributed by atoms with Gasteiger partial charge in [-0.25, -0.2) is 4.98 Å². The van der Waals surface area contributed by atoms with Crippen molar-refractivity contribution in [2.75, 3.05) is 7.11 Å². The number of benzene rings is 1. The summed E-state index contributed by atoms with van der Waals surface area (Å²) in [5.41, 5.74) is 4.29. The molecule has 0 saturated carbocycles. The van der Waals surface area contributed by atoms with Crippen molar-refractivity contribution in [3.05, 3.63) is 60.1 Å². The van der Waals surface area contributed by atoms with Crippen molar-refractivity contribution in [2.45, 2.75) is 33.4 Å². The van der Waals surface area contributed by atoms with Gasteiger partial charge in [0.25, 0.3) is 0 Å². The molecule has 0 unspecified atom stereocenters. The van der Waals surface area contributed by atoms with Gasteiger partial charge in [-0.2, -0.15) is 4.98 Å². The number of rotatable bonds is 7. The van der Waals surface area contributed by atoms with Crippen molar-refractivity contribution >= 4 is 5.57 Å². The average Bonchev–Trinajstić information content (AvgIpc) is 3.24. The van der Waals surface area contributed by atoms with Gasteiger partial charge in [0.1, 0.15) is 13.2 Å². The molecule has 0 aliphatic carbocycles. The van der Waals surface area contributed by atoms with Gasteiger partial charge in [0, 0.05) is 12.7 Å². The van der Waals surface area contributed by atoms with E-state index in [2.05, 4.69) is 47.2 Å². The number of hydrogen-bond acceptors (Lipinski definition) is 5. The maximum absolute atomic E-state index is 5.32. The quantitative estimate of drug-likeness (QED) is 0.653. The van der Waals surface area contributed by atoms with Crippen LogP contribution in [0.2, 0.25) is 0 Å². The molecule has 6 nitrogen and oxygen atoms in total. The first-order valence-electron chi connectivity index (χ1n) is 8.31. The first-order valence-corrected chi connectivity index (χ1v) is 8.31. The summed E-state index contributed by atoms with van der Waals surface area (Å²) >= 11 is 0. The molecule has 6 heteroatoms. The van der Waals surface area contributed by atoms with Gasteiger partial charge in [-0.05, 0) is 18.9 Å². The first kappa shape index (κ1) is 17.1. The van der Waals surface area contributed by atoms with Crippen molar-refractivity contribution in [1.29, 1.82) is 0 Å². The van der Waals surface area contributed by atoms with Crippen LogP contribution >= 0.6 is 0 Å². The van der Waals surface area contributed by atoms with Crippen LogP contribution in [0, 0.1) is 0 Å². The van der Waals surface area contributed by atoms with Gasteiger partial charge >= 0.3 is 0 Å². The monoisotopic (exact) mass is 338 g/mol. The van der Waals surface area contributed by atoms with Gasteiger partial charge in [-0.15, -0.1) is 0 Å². The maximum Gasteiger partial charge on any atom is 0.246 e. The Morgan fingerprint density at radius 2 is 2.08 bits per heavy atom. The average molecular weight is 338 g/mol. The number of imidazole rings is 1. The summed E-state index contributed by atoms with van der Waals surface area (Å²) in [7, 11) is 1.61. The zero-order valence-corrected chi connectivity index (χ0v) is 14.8. The van der Waals surface area contributed by atoms with E-state index in [4.69, 9.17) is 9.26 Å². The minimum Gasteiger partial charge on any atom is -0.377 e. The molecule has 25 heavy (non-hydrogen) atoms. The lowest BCUT2D eigenvalue weighted by Crippen LogP contribution is -2.03. The lowest BCUT2D eigenvalue weighted by Gasteiger charge is -2.09. The van der Waals surface area contributed by atoms with Crippen LogP contribution in [0.25, 0.3) is 16.8 Å². The fourth-order valence-electron chi connectivity index (χ4n) is 2.81. The molecular weight excluding hydrogens is 316 g/mol. The molecule has 0 amide bonds. The van der Waals surface area contributed by atoms with E-state index in [0.717, 1.165) is 23.4 Å². The van der Waals surface area contributed by atoms with Crippen LogP contribution in [0.5, 0.6) is 0 Å². The SMILES string of the molecule is CC/C=C(\C)c1c(-c2ccccc2)ncn1Cc1nc(COC)no1. The second-order valence-electron chi connectivity index (χ2n) is 5.77. The van der Waals surface area contributed by atoms with Gasteiger partial charge in [0.15, 0.2) is 5.82 Å². The van der Waals surface area contributed by atoms with Gasteiger partial charge < -0.3 is 13.8 Å². The minimum absolute atomic E-state index is 0.338. The molecule has 3 rings (SSSR count). The van der Waals surface area contributed by atoms with E-state index in [0.29, 0.717) is 24.9 Å². The van der Waals surface area contributed by atoms with E-state index in [-0.39, 0.29) is 0 Å². The van der Waals surface area contributed by atoms with Crippen LogP contribution in [0.15, 0.2) is 47.3 Å². The van der Waals surface area contributed by atoms with Gasteiger partial charge in [-0.3, -0.25) is 0 Å². The predicted molar refractivity (Wildman–Crippen MR) is 95.7 cm³/mol. The summed E-state index contributed by atoms with van der Waals surface area (Å²) in [6.07, 6.45) is 4.98. The summed E-state index contributed by atoms with van der Waals surface area (Å²) < 4.78 is 12.4. The van der Waals surface area contributed by atoms with Crippen LogP contribution in [-0.2, 0) is 17.9 Å². The molecule has 0 bridgehead atoms. The molecule has 0 N–H and O–H groups in total. The lowest BCUT2D eigenvalue weighted by molar-refractivity contribution is 0.174. The zero-order valence-electron chi connectivity index (χ0n) is 14.8. The Labute approximate surface area is 147 Å². The fourth-order valence-corrected chi connectivity index (χ4v) is 2.81. The molecule has 0 spiro atoms. The molecule has 2 heterocycles. The Hall–Kier alpha value is -2.73. The third-order valence-corrected chi connectivity index (χ3v) is 3.86. The summed E-state index contributed by atoms with van der Waals surface area (Å²) in [6, 6.07) is 10.2. The molecule has 1 aromatic carbocycles. The van der Waals surface area contributed by atoms with Gasteiger partial charge in [-0.1, -0.05) is 48.5 Å². The van der Waals surface area contributed by atoms with Gasteiger partial charge in [0.05, 0.1) is 17.7 Å². The van der Waals surface area contributed by atoms with Crippen LogP contribution in [-0.4, -0.2) is 26.8 Å². The Bertz CT molecular complexity index is 849. The summed E-state index contributed by atoms with van der Waals surface area (Å²) in [5.74, 6) is 1.08. The molecule has 0 fully saturated rings. The van der Waals surface area contributed by atoms with Gasteiger partial charge in [0.2, 0.25) is 5.89 Å². The Morgan fingerprint density at radius 3 is 2.80 bits per heavy atom. The van der Waals surface area contributed by atoms with Crippen LogP contribution in [0.4, 0.5) is 0 Å². The van der Waals surface area contributed by atoms with Crippen molar-refractivity contribution in [3.8, 4) is 11.3 Å². The second-order valence-corrected chi connectivity index (χ2v) is 5.77. The normalized spacial score (nSPS) is 11.9. The number of aromatic nitrogens is 4.